The average Bonchev–Trinajstić information content (AvgIpc) is 2.90. The van der Waals surface area contributed by atoms with E-state index in [1.54, 1.807) is 12.4 Å². The van der Waals surface area contributed by atoms with Gasteiger partial charge in [-0.3, -0.25) is 9.89 Å². The molecule has 1 rings (SSSR count). The van der Waals surface area contributed by atoms with Crippen molar-refractivity contribution in [2.45, 2.75) is 65.2 Å². The summed E-state index contributed by atoms with van der Waals surface area (Å²) in [6, 6.07) is 0. The molecule has 0 spiro atoms. The Morgan fingerprint density at radius 3 is 2.58 bits per heavy atom. The molecular formula is C15H27N3O. The smallest absolute Gasteiger partial charge is 0.227 e. The zero-order chi connectivity index (χ0) is 13.9. The fraction of sp³-hybridized carbons (Fsp3) is 0.733. The number of anilines is 1. The summed E-state index contributed by atoms with van der Waals surface area (Å²) in [5.41, 5.74) is 0.764. The molecule has 0 saturated heterocycles. The van der Waals surface area contributed by atoms with Crippen LogP contribution in [0.25, 0.3) is 0 Å². The summed E-state index contributed by atoms with van der Waals surface area (Å²) in [7, 11) is 0. The predicted molar refractivity (Wildman–Crippen MR) is 79.0 cm³/mol. The largest absolute Gasteiger partial charge is 0.323 e. The number of H-pyrrole nitrogens is 1. The highest BCUT2D eigenvalue weighted by Crippen LogP contribution is 2.19. The van der Waals surface area contributed by atoms with Crippen LogP contribution in [0.4, 0.5) is 5.69 Å². The van der Waals surface area contributed by atoms with E-state index >= 15 is 0 Å². The number of carbonyl (C=O) groups is 1. The quantitative estimate of drug-likeness (QED) is 0.625. The Hall–Kier alpha value is -1.32. The molecule has 0 saturated carbocycles. The Morgan fingerprint density at radius 2 is 1.95 bits per heavy atom. The first-order chi connectivity index (χ1) is 9.27. The topological polar surface area (TPSA) is 57.8 Å². The van der Waals surface area contributed by atoms with E-state index in [1.807, 2.05) is 0 Å². The van der Waals surface area contributed by atoms with Gasteiger partial charge in [0, 0.05) is 12.1 Å². The molecule has 1 aromatic heterocycles. The van der Waals surface area contributed by atoms with Crippen LogP contribution in [0, 0.1) is 5.92 Å². The van der Waals surface area contributed by atoms with Crippen LogP contribution in [-0.4, -0.2) is 16.1 Å². The molecule has 1 amide bonds. The highest BCUT2D eigenvalue weighted by Gasteiger charge is 2.17. The molecule has 19 heavy (non-hydrogen) atoms. The van der Waals surface area contributed by atoms with Crippen LogP contribution in [0.5, 0.6) is 0 Å². The number of rotatable bonds is 10. The van der Waals surface area contributed by atoms with Crippen molar-refractivity contribution in [2.24, 2.45) is 5.92 Å². The molecule has 0 bridgehead atoms. The van der Waals surface area contributed by atoms with Crippen LogP contribution in [0.3, 0.4) is 0 Å². The normalized spacial score (nSPS) is 12.3. The summed E-state index contributed by atoms with van der Waals surface area (Å²) >= 11 is 0. The van der Waals surface area contributed by atoms with Gasteiger partial charge in [0.25, 0.3) is 0 Å². The Balaban J connectivity index is 2.39. The van der Waals surface area contributed by atoms with E-state index in [0.717, 1.165) is 37.8 Å². The van der Waals surface area contributed by atoms with E-state index in [0.29, 0.717) is 0 Å². The van der Waals surface area contributed by atoms with E-state index in [4.69, 9.17) is 0 Å². The van der Waals surface area contributed by atoms with Crippen molar-refractivity contribution in [3.05, 3.63) is 12.4 Å². The van der Waals surface area contributed by atoms with Crippen molar-refractivity contribution in [3.63, 3.8) is 0 Å². The highest BCUT2D eigenvalue weighted by atomic mass is 16.1. The molecule has 0 aromatic carbocycles. The van der Waals surface area contributed by atoms with Gasteiger partial charge in [0.2, 0.25) is 5.91 Å². The van der Waals surface area contributed by atoms with Crippen molar-refractivity contribution >= 4 is 11.6 Å². The van der Waals surface area contributed by atoms with Crippen molar-refractivity contribution in [1.29, 1.82) is 0 Å². The minimum Gasteiger partial charge on any atom is -0.323 e. The molecular weight excluding hydrogens is 238 g/mol. The lowest BCUT2D eigenvalue weighted by Gasteiger charge is -2.15. The minimum atomic E-state index is 0.145. The van der Waals surface area contributed by atoms with Crippen LogP contribution >= 0.6 is 0 Å². The molecule has 0 aliphatic carbocycles. The Labute approximate surface area is 116 Å². The molecule has 4 nitrogen and oxygen atoms in total. The lowest BCUT2D eigenvalue weighted by molar-refractivity contribution is -0.120. The fourth-order valence-electron chi connectivity index (χ4n) is 2.24. The zero-order valence-corrected chi connectivity index (χ0v) is 12.2. The fourth-order valence-corrected chi connectivity index (χ4v) is 2.24. The van der Waals surface area contributed by atoms with Crippen LogP contribution < -0.4 is 5.32 Å². The van der Waals surface area contributed by atoms with Gasteiger partial charge in [-0.05, 0) is 12.8 Å². The van der Waals surface area contributed by atoms with Crippen molar-refractivity contribution in [2.75, 3.05) is 5.32 Å². The Bertz CT molecular complexity index is 335. The maximum Gasteiger partial charge on any atom is 0.227 e. The van der Waals surface area contributed by atoms with Gasteiger partial charge in [-0.1, -0.05) is 52.4 Å². The summed E-state index contributed by atoms with van der Waals surface area (Å²) in [5.74, 6) is 0.290. The maximum atomic E-state index is 12.2. The lowest BCUT2D eigenvalue weighted by Crippen LogP contribution is -2.22. The molecule has 1 heterocycles. The third kappa shape index (κ3) is 6.41. The van der Waals surface area contributed by atoms with Crippen LogP contribution in [0.1, 0.15) is 65.2 Å². The summed E-state index contributed by atoms with van der Waals surface area (Å²) in [6.45, 7) is 4.38. The number of hydrogen-bond acceptors (Lipinski definition) is 2. The van der Waals surface area contributed by atoms with Gasteiger partial charge in [-0.25, -0.2) is 0 Å². The number of aromatic amines is 1. The molecule has 1 aromatic rings. The van der Waals surface area contributed by atoms with E-state index in [1.165, 1.54) is 19.3 Å². The summed E-state index contributed by atoms with van der Waals surface area (Å²) in [6.07, 6.45) is 12.5. The zero-order valence-electron chi connectivity index (χ0n) is 12.2. The van der Waals surface area contributed by atoms with E-state index in [9.17, 15) is 4.79 Å². The molecule has 4 heteroatoms. The minimum absolute atomic E-state index is 0.145. The molecule has 108 valence electrons. The lowest BCUT2D eigenvalue weighted by atomic mass is 9.94. The van der Waals surface area contributed by atoms with Gasteiger partial charge in [0.1, 0.15) is 0 Å². The van der Waals surface area contributed by atoms with E-state index in [-0.39, 0.29) is 11.8 Å². The summed E-state index contributed by atoms with van der Waals surface area (Å²) in [5, 5.41) is 9.50. The predicted octanol–water partition coefficient (Wildman–Crippen LogP) is 4.13. The number of hydrogen-bond donors (Lipinski definition) is 2. The third-order valence-corrected chi connectivity index (χ3v) is 3.45. The van der Waals surface area contributed by atoms with Gasteiger partial charge in [-0.2, -0.15) is 5.10 Å². The van der Waals surface area contributed by atoms with Gasteiger partial charge in [0.05, 0.1) is 11.9 Å². The number of carbonyl (C=O) groups excluding carboxylic acids is 1. The van der Waals surface area contributed by atoms with Crippen LogP contribution in [0.2, 0.25) is 0 Å². The summed E-state index contributed by atoms with van der Waals surface area (Å²) in [4.78, 5) is 12.2. The number of aromatic nitrogens is 2. The second kappa shape index (κ2) is 9.59. The van der Waals surface area contributed by atoms with E-state index < -0.39 is 0 Å². The first kappa shape index (κ1) is 15.7. The van der Waals surface area contributed by atoms with Gasteiger partial charge in [0.15, 0.2) is 0 Å². The monoisotopic (exact) mass is 265 g/mol. The SMILES string of the molecule is CCCCCCC(CCCC)C(=O)Nc1cn[nH]c1. The van der Waals surface area contributed by atoms with E-state index in [2.05, 4.69) is 29.4 Å². The third-order valence-electron chi connectivity index (χ3n) is 3.45. The molecule has 0 aliphatic heterocycles. The van der Waals surface area contributed by atoms with Crippen LogP contribution in [-0.2, 0) is 4.79 Å². The molecule has 1 unspecified atom stereocenters. The second-order valence-electron chi connectivity index (χ2n) is 5.16. The second-order valence-corrected chi connectivity index (χ2v) is 5.16. The standard InChI is InChI=1S/C15H27N3O/c1-3-5-7-8-10-13(9-6-4-2)15(19)18-14-11-16-17-12-14/h11-13H,3-10H2,1-2H3,(H,16,17)(H,18,19). The molecule has 0 radical (unpaired) electrons. The Morgan fingerprint density at radius 1 is 1.21 bits per heavy atom. The number of amides is 1. The molecule has 1 atom stereocenters. The number of nitrogens with one attached hydrogen (secondary N) is 2. The van der Waals surface area contributed by atoms with Crippen molar-refractivity contribution < 1.29 is 4.79 Å². The number of unbranched alkanes of at least 4 members (excludes halogenated alkanes) is 4. The molecule has 0 aliphatic rings. The Kier molecular flexibility index (Phi) is 7.94. The first-order valence-corrected chi connectivity index (χ1v) is 7.57. The highest BCUT2D eigenvalue weighted by molar-refractivity contribution is 5.92. The van der Waals surface area contributed by atoms with Crippen molar-refractivity contribution in [3.8, 4) is 0 Å². The maximum absolute atomic E-state index is 12.2. The van der Waals surface area contributed by atoms with Gasteiger partial charge in [-0.15, -0.1) is 0 Å². The van der Waals surface area contributed by atoms with Gasteiger partial charge < -0.3 is 5.32 Å². The van der Waals surface area contributed by atoms with Gasteiger partial charge >= 0.3 is 0 Å². The summed E-state index contributed by atoms with van der Waals surface area (Å²) < 4.78 is 0. The van der Waals surface area contributed by atoms with Crippen molar-refractivity contribution in [1.82, 2.24) is 10.2 Å². The average molecular weight is 265 g/mol. The number of nitrogens with zero attached hydrogens (tertiary/aromatic N) is 1. The molecule has 2 N–H and O–H groups in total. The first-order valence-electron chi connectivity index (χ1n) is 7.57. The van der Waals surface area contributed by atoms with Crippen LogP contribution in [0.15, 0.2) is 12.4 Å². The molecule has 0 fully saturated rings.